The van der Waals surface area contributed by atoms with E-state index >= 15 is 0 Å². The SMILES string of the molecule is CCNc1nc(NCC2(C3CC3)CC2)nc(N(C)C)n1. The lowest BCUT2D eigenvalue weighted by Gasteiger charge is -2.17. The average Bonchev–Trinajstić information content (AvgIpc) is 3.27. The van der Waals surface area contributed by atoms with Gasteiger partial charge < -0.3 is 15.5 Å². The molecule has 2 N–H and O–H groups in total. The Labute approximate surface area is 120 Å². The van der Waals surface area contributed by atoms with Gasteiger partial charge in [0.25, 0.3) is 0 Å². The van der Waals surface area contributed by atoms with Crippen molar-refractivity contribution in [3.63, 3.8) is 0 Å². The van der Waals surface area contributed by atoms with Gasteiger partial charge in [0.2, 0.25) is 17.8 Å². The van der Waals surface area contributed by atoms with Crippen molar-refractivity contribution in [2.45, 2.75) is 32.6 Å². The molecule has 1 aromatic heterocycles. The molecule has 110 valence electrons. The quantitative estimate of drug-likeness (QED) is 0.794. The van der Waals surface area contributed by atoms with Crippen LogP contribution in [0.5, 0.6) is 0 Å². The van der Waals surface area contributed by atoms with Gasteiger partial charge in [-0.1, -0.05) is 0 Å². The van der Waals surface area contributed by atoms with Crippen LogP contribution in [-0.4, -0.2) is 42.1 Å². The minimum absolute atomic E-state index is 0.545. The molecule has 1 heterocycles. The highest BCUT2D eigenvalue weighted by Gasteiger charge is 2.53. The highest BCUT2D eigenvalue weighted by molar-refractivity contribution is 5.43. The first-order valence-corrected chi connectivity index (χ1v) is 7.54. The van der Waals surface area contributed by atoms with E-state index < -0.39 is 0 Å². The molecule has 0 saturated heterocycles. The smallest absolute Gasteiger partial charge is 0.231 e. The van der Waals surface area contributed by atoms with Crippen LogP contribution in [0.4, 0.5) is 17.8 Å². The van der Waals surface area contributed by atoms with Crippen LogP contribution in [0.1, 0.15) is 32.6 Å². The number of hydrogen-bond donors (Lipinski definition) is 2. The van der Waals surface area contributed by atoms with Crippen LogP contribution in [0.15, 0.2) is 0 Å². The molecule has 6 nitrogen and oxygen atoms in total. The second kappa shape index (κ2) is 5.07. The van der Waals surface area contributed by atoms with Crippen molar-refractivity contribution in [2.24, 2.45) is 11.3 Å². The zero-order chi connectivity index (χ0) is 14.2. The fraction of sp³-hybridized carbons (Fsp3) is 0.786. The summed E-state index contributed by atoms with van der Waals surface area (Å²) in [5.74, 6) is 2.96. The Morgan fingerprint density at radius 2 is 1.75 bits per heavy atom. The van der Waals surface area contributed by atoms with E-state index in [4.69, 9.17) is 0 Å². The minimum Gasteiger partial charge on any atom is -0.354 e. The number of aromatic nitrogens is 3. The highest BCUT2D eigenvalue weighted by Crippen LogP contribution is 2.61. The van der Waals surface area contributed by atoms with Gasteiger partial charge in [0.15, 0.2) is 0 Å². The number of hydrogen-bond acceptors (Lipinski definition) is 6. The maximum absolute atomic E-state index is 4.48. The van der Waals surface area contributed by atoms with Crippen LogP contribution in [0.3, 0.4) is 0 Å². The van der Waals surface area contributed by atoms with E-state index in [2.05, 4.69) is 25.6 Å². The summed E-state index contributed by atoms with van der Waals surface area (Å²) in [7, 11) is 3.89. The van der Waals surface area contributed by atoms with Crippen molar-refractivity contribution in [1.82, 2.24) is 15.0 Å². The minimum atomic E-state index is 0.545. The van der Waals surface area contributed by atoms with Gasteiger partial charge in [-0.2, -0.15) is 15.0 Å². The third-order valence-electron chi connectivity index (χ3n) is 4.29. The Morgan fingerprint density at radius 3 is 2.25 bits per heavy atom. The molecule has 0 radical (unpaired) electrons. The van der Waals surface area contributed by atoms with Crippen LogP contribution in [0.25, 0.3) is 0 Å². The van der Waals surface area contributed by atoms with Crippen molar-refractivity contribution in [2.75, 3.05) is 42.7 Å². The van der Waals surface area contributed by atoms with Crippen LogP contribution >= 0.6 is 0 Å². The topological polar surface area (TPSA) is 66.0 Å². The molecule has 20 heavy (non-hydrogen) atoms. The van der Waals surface area contributed by atoms with E-state index in [-0.39, 0.29) is 0 Å². The predicted molar refractivity (Wildman–Crippen MR) is 81.2 cm³/mol. The predicted octanol–water partition coefficient (Wildman–Crippen LogP) is 1.97. The Hall–Kier alpha value is -1.59. The lowest BCUT2D eigenvalue weighted by molar-refractivity contribution is 0.465. The van der Waals surface area contributed by atoms with E-state index in [9.17, 15) is 0 Å². The second-order valence-corrected chi connectivity index (χ2v) is 6.20. The van der Waals surface area contributed by atoms with Gasteiger partial charge in [0.05, 0.1) is 0 Å². The fourth-order valence-corrected chi connectivity index (χ4v) is 2.72. The second-order valence-electron chi connectivity index (χ2n) is 6.20. The molecule has 0 aromatic carbocycles. The standard InChI is InChI=1S/C14H24N6/c1-4-15-11-17-12(19-13(18-11)20(2)3)16-9-14(7-8-14)10-5-6-10/h10H,4-9H2,1-3H3,(H2,15,16,17,18,19). The maximum atomic E-state index is 4.48. The van der Waals surface area contributed by atoms with Gasteiger partial charge in [-0.15, -0.1) is 0 Å². The number of rotatable bonds is 7. The summed E-state index contributed by atoms with van der Waals surface area (Å²) in [6.07, 6.45) is 5.53. The Kier molecular flexibility index (Phi) is 3.40. The molecule has 0 amide bonds. The van der Waals surface area contributed by atoms with Crippen molar-refractivity contribution >= 4 is 17.8 Å². The summed E-state index contributed by atoms with van der Waals surface area (Å²) in [6, 6.07) is 0. The summed E-state index contributed by atoms with van der Waals surface area (Å²) in [4.78, 5) is 15.2. The van der Waals surface area contributed by atoms with Crippen LogP contribution in [-0.2, 0) is 0 Å². The van der Waals surface area contributed by atoms with Gasteiger partial charge in [-0.3, -0.25) is 0 Å². The molecule has 2 aliphatic carbocycles. The van der Waals surface area contributed by atoms with Gasteiger partial charge in [0, 0.05) is 27.2 Å². The van der Waals surface area contributed by atoms with Crippen LogP contribution in [0, 0.1) is 11.3 Å². The molecule has 2 aliphatic rings. The van der Waals surface area contributed by atoms with Gasteiger partial charge in [0.1, 0.15) is 0 Å². The van der Waals surface area contributed by atoms with E-state index in [0.717, 1.165) is 19.0 Å². The van der Waals surface area contributed by atoms with Gasteiger partial charge in [-0.25, -0.2) is 0 Å². The van der Waals surface area contributed by atoms with Crippen LogP contribution < -0.4 is 15.5 Å². The summed E-state index contributed by atoms with van der Waals surface area (Å²) < 4.78 is 0. The normalized spacial score (nSPS) is 19.6. The first kappa shape index (κ1) is 13.4. The molecule has 2 fully saturated rings. The molecular weight excluding hydrogens is 252 g/mol. The van der Waals surface area contributed by atoms with Gasteiger partial charge in [-0.05, 0) is 43.9 Å². The van der Waals surface area contributed by atoms with Crippen molar-refractivity contribution < 1.29 is 0 Å². The Morgan fingerprint density at radius 1 is 1.10 bits per heavy atom. The molecule has 0 aliphatic heterocycles. The third-order valence-corrected chi connectivity index (χ3v) is 4.29. The van der Waals surface area contributed by atoms with Crippen molar-refractivity contribution in [3.05, 3.63) is 0 Å². The molecule has 0 atom stereocenters. The summed E-state index contributed by atoms with van der Waals surface area (Å²) in [5, 5.41) is 6.60. The lowest BCUT2D eigenvalue weighted by Crippen LogP contribution is -2.21. The van der Waals surface area contributed by atoms with E-state index in [1.165, 1.54) is 25.7 Å². The van der Waals surface area contributed by atoms with E-state index in [1.54, 1.807) is 0 Å². The molecule has 0 bridgehead atoms. The summed E-state index contributed by atoms with van der Waals surface area (Å²) in [6.45, 7) is 3.85. The van der Waals surface area contributed by atoms with E-state index in [0.29, 0.717) is 23.3 Å². The summed E-state index contributed by atoms with van der Waals surface area (Å²) in [5.41, 5.74) is 0.545. The fourth-order valence-electron chi connectivity index (χ4n) is 2.72. The molecular formula is C14H24N6. The number of anilines is 3. The summed E-state index contributed by atoms with van der Waals surface area (Å²) >= 11 is 0. The zero-order valence-corrected chi connectivity index (χ0v) is 12.6. The molecule has 3 rings (SSSR count). The largest absolute Gasteiger partial charge is 0.354 e. The lowest BCUT2D eigenvalue weighted by atomic mass is 10.0. The first-order valence-electron chi connectivity index (χ1n) is 7.54. The van der Waals surface area contributed by atoms with Crippen molar-refractivity contribution in [1.29, 1.82) is 0 Å². The van der Waals surface area contributed by atoms with Gasteiger partial charge >= 0.3 is 0 Å². The molecule has 0 spiro atoms. The van der Waals surface area contributed by atoms with Crippen LogP contribution in [0.2, 0.25) is 0 Å². The number of nitrogens with zero attached hydrogens (tertiary/aromatic N) is 4. The molecule has 6 heteroatoms. The Balaban J connectivity index is 1.70. The Bertz CT molecular complexity index is 479. The molecule has 2 saturated carbocycles. The highest BCUT2D eigenvalue weighted by atomic mass is 15.3. The maximum Gasteiger partial charge on any atom is 0.231 e. The average molecular weight is 276 g/mol. The van der Waals surface area contributed by atoms with Crippen molar-refractivity contribution in [3.8, 4) is 0 Å². The third kappa shape index (κ3) is 2.78. The molecule has 1 aromatic rings. The monoisotopic (exact) mass is 276 g/mol. The molecule has 0 unspecified atom stereocenters. The van der Waals surface area contributed by atoms with E-state index in [1.807, 2.05) is 25.9 Å². The first-order chi connectivity index (χ1) is 9.63. The number of nitrogens with one attached hydrogen (secondary N) is 2. The zero-order valence-electron chi connectivity index (χ0n) is 12.6.